The maximum Gasteiger partial charge on any atom is 0.223 e. The van der Waals surface area contributed by atoms with Crippen LogP contribution in [-0.4, -0.2) is 4.98 Å². The Morgan fingerprint density at radius 3 is 2.59 bits per heavy atom. The monoisotopic (exact) mass is 421 g/mol. The number of fused-ring (bicyclic) bond motifs is 1. The summed E-state index contributed by atoms with van der Waals surface area (Å²) in [6.45, 7) is 1.89. The molecule has 0 saturated heterocycles. The summed E-state index contributed by atoms with van der Waals surface area (Å²) in [5, 5.41) is 1.03. The molecule has 0 saturated carbocycles. The van der Waals surface area contributed by atoms with Crippen LogP contribution in [0.25, 0.3) is 10.9 Å². The summed E-state index contributed by atoms with van der Waals surface area (Å²) in [5.41, 5.74) is 3.81. The van der Waals surface area contributed by atoms with Gasteiger partial charge in [0.25, 0.3) is 0 Å². The molecule has 0 fully saturated rings. The Kier molecular flexibility index (Phi) is 4.90. The highest BCUT2D eigenvalue weighted by atomic mass is 79.9. The Morgan fingerprint density at radius 1 is 0.963 bits per heavy atom. The van der Waals surface area contributed by atoms with Gasteiger partial charge in [-0.05, 0) is 48.4 Å². The molecule has 0 spiro atoms. The Balaban J connectivity index is 1.82. The molecule has 2 nitrogen and oxygen atoms in total. The molecule has 0 aliphatic heterocycles. The van der Waals surface area contributed by atoms with Gasteiger partial charge in [0.15, 0.2) is 0 Å². The molecular weight excluding hydrogens is 405 g/mol. The summed E-state index contributed by atoms with van der Waals surface area (Å²) in [6, 6.07) is 22.7. The lowest BCUT2D eigenvalue weighted by atomic mass is 10.0. The van der Waals surface area contributed by atoms with E-state index in [1.165, 1.54) is 12.1 Å². The van der Waals surface area contributed by atoms with Gasteiger partial charge >= 0.3 is 0 Å². The van der Waals surface area contributed by atoms with Crippen molar-refractivity contribution in [3.05, 3.63) is 99.8 Å². The average Bonchev–Trinajstić information content (AvgIpc) is 2.66. The predicted octanol–water partition coefficient (Wildman–Crippen LogP) is 6.83. The van der Waals surface area contributed by atoms with E-state index in [1.54, 1.807) is 6.07 Å². The third kappa shape index (κ3) is 4.01. The molecule has 4 rings (SSSR count). The van der Waals surface area contributed by atoms with E-state index in [0.717, 1.165) is 32.1 Å². The fourth-order valence-corrected chi connectivity index (χ4v) is 3.37. The van der Waals surface area contributed by atoms with E-state index in [2.05, 4.69) is 34.1 Å². The topological polar surface area (TPSA) is 22.1 Å². The Morgan fingerprint density at radius 2 is 1.78 bits per heavy atom. The van der Waals surface area contributed by atoms with E-state index in [4.69, 9.17) is 9.72 Å². The first kappa shape index (κ1) is 17.7. The number of benzene rings is 3. The molecule has 0 N–H and O–H groups in total. The van der Waals surface area contributed by atoms with Crippen LogP contribution in [0.4, 0.5) is 4.39 Å². The highest BCUT2D eigenvalue weighted by molar-refractivity contribution is 9.10. The average molecular weight is 422 g/mol. The normalized spacial score (nSPS) is 10.9. The maximum atomic E-state index is 13.7. The van der Waals surface area contributed by atoms with Crippen LogP contribution in [0.1, 0.15) is 16.7 Å². The highest BCUT2D eigenvalue weighted by Crippen LogP contribution is 2.31. The summed E-state index contributed by atoms with van der Waals surface area (Å²) < 4.78 is 20.8. The van der Waals surface area contributed by atoms with Crippen molar-refractivity contribution in [2.45, 2.75) is 13.3 Å². The van der Waals surface area contributed by atoms with Crippen LogP contribution in [0.3, 0.4) is 0 Å². The van der Waals surface area contributed by atoms with Gasteiger partial charge < -0.3 is 4.74 Å². The van der Waals surface area contributed by atoms with E-state index in [9.17, 15) is 4.39 Å². The molecule has 0 amide bonds. The second kappa shape index (κ2) is 7.49. The van der Waals surface area contributed by atoms with Crippen LogP contribution in [0.5, 0.6) is 11.6 Å². The Bertz CT molecular complexity index is 1110. The molecule has 0 unspecified atom stereocenters. The quantitative estimate of drug-likeness (QED) is 0.360. The van der Waals surface area contributed by atoms with Gasteiger partial charge in [-0.1, -0.05) is 52.3 Å². The van der Waals surface area contributed by atoms with Crippen molar-refractivity contribution >= 4 is 26.8 Å². The minimum atomic E-state index is -0.329. The number of ether oxygens (including phenoxy) is 1. The van der Waals surface area contributed by atoms with Crippen molar-refractivity contribution < 1.29 is 9.13 Å². The van der Waals surface area contributed by atoms with E-state index in [-0.39, 0.29) is 5.82 Å². The Hall–Kier alpha value is -2.72. The van der Waals surface area contributed by atoms with E-state index in [0.29, 0.717) is 18.1 Å². The van der Waals surface area contributed by atoms with Crippen LogP contribution >= 0.6 is 15.9 Å². The summed E-state index contributed by atoms with van der Waals surface area (Å²) in [5.74, 6) is 0.653. The predicted molar refractivity (Wildman–Crippen MR) is 110 cm³/mol. The zero-order valence-corrected chi connectivity index (χ0v) is 16.3. The fourth-order valence-electron chi connectivity index (χ4n) is 2.99. The first-order valence-electron chi connectivity index (χ1n) is 8.65. The molecule has 4 aromatic rings. The van der Waals surface area contributed by atoms with Crippen LogP contribution in [0.2, 0.25) is 0 Å². The highest BCUT2D eigenvalue weighted by Gasteiger charge is 2.13. The van der Waals surface area contributed by atoms with Crippen molar-refractivity contribution in [2.75, 3.05) is 0 Å². The number of nitrogens with zero attached hydrogens (tertiary/aromatic N) is 1. The van der Waals surface area contributed by atoms with Crippen LogP contribution in [0, 0.1) is 12.7 Å². The van der Waals surface area contributed by atoms with Crippen LogP contribution < -0.4 is 4.74 Å². The number of aromatic nitrogens is 1. The third-order valence-corrected chi connectivity index (χ3v) is 4.90. The van der Waals surface area contributed by atoms with Crippen molar-refractivity contribution in [1.82, 2.24) is 4.98 Å². The molecule has 4 heteroatoms. The fraction of sp³-hybridized carbons (Fsp3) is 0.0870. The van der Waals surface area contributed by atoms with E-state index >= 15 is 0 Å². The molecule has 3 aromatic carbocycles. The van der Waals surface area contributed by atoms with Crippen LogP contribution in [-0.2, 0) is 6.42 Å². The van der Waals surface area contributed by atoms with Gasteiger partial charge in [-0.2, -0.15) is 0 Å². The minimum Gasteiger partial charge on any atom is -0.438 e. The van der Waals surface area contributed by atoms with Crippen molar-refractivity contribution in [1.29, 1.82) is 0 Å². The van der Waals surface area contributed by atoms with E-state index < -0.39 is 0 Å². The standard InChI is InChI=1S/C23H17BrFNO/c1-15-7-9-20(25)14-22(15)27-23-18(11-16-5-3-2-4-6-16)12-17-13-19(24)8-10-21(17)26-23/h2-10,12-14H,11H2,1H3. The first-order valence-corrected chi connectivity index (χ1v) is 9.45. The van der Waals surface area contributed by atoms with Crippen LogP contribution in [0.15, 0.2) is 77.3 Å². The molecule has 1 heterocycles. The van der Waals surface area contributed by atoms with Gasteiger partial charge in [-0.15, -0.1) is 0 Å². The van der Waals surface area contributed by atoms with E-state index in [1.807, 2.05) is 43.3 Å². The van der Waals surface area contributed by atoms with Gasteiger partial charge in [0.05, 0.1) is 5.52 Å². The minimum absolute atomic E-state index is 0.329. The smallest absolute Gasteiger partial charge is 0.223 e. The molecule has 134 valence electrons. The number of pyridine rings is 1. The molecular formula is C23H17BrFNO. The zero-order valence-electron chi connectivity index (χ0n) is 14.7. The second-order valence-corrected chi connectivity index (χ2v) is 7.38. The lowest BCUT2D eigenvalue weighted by Gasteiger charge is -2.14. The van der Waals surface area contributed by atoms with Gasteiger partial charge in [0.2, 0.25) is 5.88 Å². The molecule has 1 aromatic heterocycles. The molecule has 0 atom stereocenters. The summed E-state index contributed by atoms with van der Waals surface area (Å²) in [7, 11) is 0. The molecule has 0 radical (unpaired) electrons. The van der Waals surface area contributed by atoms with Crippen molar-refractivity contribution in [2.24, 2.45) is 0 Å². The molecule has 0 aliphatic rings. The van der Waals surface area contributed by atoms with Crippen molar-refractivity contribution in [3.63, 3.8) is 0 Å². The van der Waals surface area contributed by atoms with Gasteiger partial charge in [0, 0.05) is 27.9 Å². The largest absolute Gasteiger partial charge is 0.438 e. The lowest BCUT2D eigenvalue weighted by molar-refractivity contribution is 0.451. The molecule has 0 aliphatic carbocycles. The number of halogens is 2. The summed E-state index contributed by atoms with van der Waals surface area (Å²) in [6.07, 6.45) is 0.681. The zero-order chi connectivity index (χ0) is 18.8. The summed E-state index contributed by atoms with van der Waals surface area (Å²) >= 11 is 3.51. The molecule has 27 heavy (non-hydrogen) atoms. The van der Waals surface area contributed by atoms with Crippen molar-refractivity contribution in [3.8, 4) is 11.6 Å². The number of aryl methyl sites for hydroxylation is 1. The first-order chi connectivity index (χ1) is 13.1. The maximum absolute atomic E-state index is 13.7. The second-order valence-electron chi connectivity index (χ2n) is 6.46. The summed E-state index contributed by atoms with van der Waals surface area (Å²) in [4.78, 5) is 4.71. The number of hydrogen-bond acceptors (Lipinski definition) is 2. The van der Waals surface area contributed by atoms with Gasteiger partial charge in [0.1, 0.15) is 11.6 Å². The Labute approximate surface area is 165 Å². The van der Waals surface area contributed by atoms with Gasteiger partial charge in [-0.3, -0.25) is 0 Å². The number of hydrogen-bond donors (Lipinski definition) is 0. The van der Waals surface area contributed by atoms with Gasteiger partial charge in [-0.25, -0.2) is 9.37 Å². The SMILES string of the molecule is Cc1ccc(F)cc1Oc1nc2ccc(Br)cc2cc1Cc1ccccc1. The third-order valence-electron chi connectivity index (χ3n) is 4.41. The lowest BCUT2D eigenvalue weighted by Crippen LogP contribution is -1.99. The number of rotatable bonds is 4. The molecule has 0 bridgehead atoms.